The van der Waals surface area contributed by atoms with Gasteiger partial charge < -0.3 is 4.74 Å². The smallest absolute Gasteiger partial charge is 0.264 e. The molecule has 6 heteroatoms. The van der Waals surface area contributed by atoms with E-state index < -0.39 is 21.8 Å². The van der Waals surface area contributed by atoms with Gasteiger partial charge in [-0.25, -0.2) is 13.1 Å². The Balaban J connectivity index is 1.54. The number of ether oxygens (including phenoxy) is 1. The molecule has 1 atom stereocenters. The van der Waals surface area contributed by atoms with Crippen molar-refractivity contribution >= 4 is 26.7 Å². The summed E-state index contributed by atoms with van der Waals surface area (Å²) in [5, 5.41) is 1.38. The van der Waals surface area contributed by atoms with Gasteiger partial charge in [0.1, 0.15) is 5.75 Å². The largest absolute Gasteiger partial charge is 0.496 e. The number of aryl methyl sites for hydroxylation is 1. The molecule has 1 aliphatic rings. The fourth-order valence-electron chi connectivity index (χ4n) is 5.05. The van der Waals surface area contributed by atoms with Crippen LogP contribution in [0.5, 0.6) is 5.75 Å². The molecule has 1 unspecified atom stereocenters. The van der Waals surface area contributed by atoms with Crippen LogP contribution in [0.3, 0.4) is 0 Å². The number of fused-ring (bicyclic) bond motifs is 2. The number of sulfonamides is 1. The Bertz CT molecular complexity index is 1520. The van der Waals surface area contributed by atoms with Crippen molar-refractivity contribution in [1.82, 2.24) is 4.72 Å². The number of methoxy groups -OCH3 is 1. The summed E-state index contributed by atoms with van der Waals surface area (Å²) in [5.74, 6) is -0.541. The summed E-state index contributed by atoms with van der Waals surface area (Å²) >= 11 is 0. The van der Waals surface area contributed by atoms with E-state index >= 15 is 0 Å². The summed E-state index contributed by atoms with van der Waals surface area (Å²) in [4.78, 5) is 13.6. The third-order valence-electron chi connectivity index (χ3n) is 6.76. The number of carbonyl (C=O) groups excluding carboxylic acids is 1. The van der Waals surface area contributed by atoms with Gasteiger partial charge in [0.2, 0.25) is 5.91 Å². The third-order valence-corrected chi connectivity index (χ3v) is 8.16. The standard InChI is InChI=1S/C29H27NO4S/c1-19-13-15-21(16-14-19)22-17-18-26(34-2)28-24(22)10-6-11-25(28)29(31)30-35(32,33)27-12-5-8-20-7-3-4-9-23(20)27/h3-5,7-9,12-18,25H,6,10-11H2,1-2H3,(H,30,31). The maximum atomic E-state index is 13.5. The Morgan fingerprint density at radius 2 is 1.69 bits per heavy atom. The molecule has 0 saturated heterocycles. The molecule has 0 spiro atoms. The van der Waals surface area contributed by atoms with E-state index in [2.05, 4.69) is 29.0 Å². The van der Waals surface area contributed by atoms with Crippen LogP contribution in [0.4, 0.5) is 0 Å². The van der Waals surface area contributed by atoms with Crippen LogP contribution in [-0.4, -0.2) is 21.4 Å². The molecule has 1 aliphatic carbocycles. The van der Waals surface area contributed by atoms with Crippen LogP contribution in [0.25, 0.3) is 21.9 Å². The van der Waals surface area contributed by atoms with E-state index in [1.165, 1.54) is 11.6 Å². The summed E-state index contributed by atoms with van der Waals surface area (Å²) in [6.45, 7) is 2.05. The molecule has 4 aromatic carbocycles. The Morgan fingerprint density at radius 3 is 2.46 bits per heavy atom. The Labute approximate surface area is 205 Å². The molecule has 0 bridgehead atoms. The highest BCUT2D eigenvalue weighted by atomic mass is 32.2. The highest BCUT2D eigenvalue weighted by Gasteiger charge is 2.34. The lowest BCUT2D eigenvalue weighted by atomic mass is 9.78. The van der Waals surface area contributed by atoms with Crippen molar-refractivity contribution in [2.75, 3.05) is 7.11 Å². The number of carbonyl (C=O) groups is 1. The zero-order valence-corrected chi connectivity index (χ0v) is 20.6. The fraction of sp³-hybridized carbons (Fsp3) is 0.207. The van der Waals surface area contributed by atoms with E-state index in [4.69, 9.17) is 4.74 Å². The highest BCUT2D eigenvalue weighted by molar-refractivity contribution is 7.90. The number of hydrogen-bond donors (Lipinski definition) is 1. The molecule has 0 aliphatic heterocycles. The number of nitrogens with one attached hydrogen (secondary N) is 1. The normalized spacial score (nSPS) is 15.4. The first-order chi connectivity index (χ1) is 16.9. The molecule has 1 amide bonds. The van der Waals surface area contributed by atoms with Crippen molar-refractivity contribution in [3.63, 3.8) is 0 Å². The van der Waals surface area contributed by atoms with Gasteiger partial charge in [-0.05, 0) is 60.4 Å². The van der Waals surface area contributed by atoms with Crippen molar-refractivity contribution in [3.8, 4) is 16.9 Å². The van der Waals surface area contributed by atoms with E-state index in [0.29, 0.717) is 17.6 Å². The van der Waals surface area contributed by atoms with Gasteiger partial charge in [-0.1, -0.05) is 72.3 Å². The van der Waals surface area contributed by atoms with Gasteiger partial charge in [0, 0.05) is 10.9 Å². The van der Waals surface area contributed by atoms with Gasteiger partial charge in [0.15, 0.2) is 0 Å². The molecule has 0 heterocycles. The van der Waals surface area contributed by atoms with Gasteiger partial charge in [-0.15, -0.1) is 0 Å². The predicted octanol–water partition coefficient (Wildman–Crippen LogP) is 5.75. The zero-order valence-electron chi connectivity index (χ0n) is 19.7. The molecular weight excluding hydrogens is 458 g/mol. The highest BCUT2D eigenvalue weighted by Crippen LogP contribution is 2.43. The SMILES string of the molecule is COc1ccc(-c2ccc(C)cc2)c2c1C(C(=O)NS(=O)(=O)c1cccc3ccccc13)CCC2. The van der Waals surface area contributed by atoms with Gasteiger partial charge in [-0.2, -0.15) is 0 Å². The minimum Gasteiger partial charge on any atom is -0.496 e. The number of amides is 1. The molecule has 5 nitrogen and oxygen atoms in total. The lowest BCUT2D eigenvalue weighted by Gasteiger charge is -2.28. The van der Waals surface area contributed by atoms with Gasteiger partial charge in [0.05, 0.1) is 17.9 Å². The second kappa shape index (κ2) is 9.19. The fourth-order valence-corrected chi connectivity index (χ4v) is 6.30. The number of benzene rings is 4. The summed E-state index contributed by atoms with van der Waals surface area (Å²) in [6, 6.07) is 24.5. The molecular formula is C29H27NO4S. The van der Waals surface area contributed by atoms with Crippen LogP contribution in [0.2, 0.25) is 0 Å². The van der Waals surface area contributed by atoms with E-state index in [0.717, 1.165) is 40.5 Å². The third kappa shape index (κ3) is 4.30. The van der Waals surface area contributed by atoms with Crippen molar-refractivity contribution < 1.29 is 17.9 Å². The average molecular weight is 486 g/mol. The first-order valence-electron chi connectivity index (χ1n) is 11.7. The van der Waals surface area contributed by atoms with E-state index in [1.807, 2.05) is 37.3 Å². The van der Waals surface area contributed by atoms with Crippen LogP contribution >= 0.6 is 0 Å². The monoisotopic (exact) mass is 485 g/mol. The Hall–Kier alpha value is -3.64. The van der Waals surface area contributed by atoms with Crippen molar-refractivity contribution in [2.45, 2.75) is 37.0 Å². The van der Waals surface area contributed by atoms with E-state index in [9.17, 15) is 13.2 Å². The van der Waals surface area contributed by atoms with Crippen LogP contribution in [0.15, 0.2) is 83.8 Å². The van der Waals surface area contributed by atoms with Crippen LogP contribution < -0.4 is 9.46 Å². The van der Waals surface area contributed by atoms with Gasteiger partial charge in [0.25, 0.3) is 10.0 Å². The predicted molar refractivity (Wildman–Crippen MR) is 138 cm³/mol. The molecule has 0 radical (unpaired) electrons. The topological polar surface area (TPSA) is 72.5 Å². The lowest BCUT2D eigenvalue weighted by molar-refractivity contribution is -0.121. The Morgan fingerprint density at radius 1 is 0.943 bits per heavy atom. The van der Waals surface area contributed by atoms with Crippen molar-refractivity contribution in [1.29, 1.82) is 0 Å². The molecule has 0 aromatic heterocycles. The molecule has 5 rings (SSSR count). The number of rotatable bonds is 5. The molecule has 4 aromatic rings. The van der Waals surface area contributed by atoms with E-state index in [1.54, 1.807) is 25.3 Å². The van der Waals surface area contributed by atoms with Crippen molar-refractivity contribution in [3.05, 3.63) is 95.6 Å². The second-order valence-electron chi connectivity index (χ2n) is 8.97. The minimum absolute atomic E-state index is 0.0975. The van der Waals surface area contributed by atoms with Crippen LogP contribution in [0, 0.1) is 6.92 Å². The summed E-state index contributed by atoms with van der Waals surface area (Å²) in [7, 11) is -2.48. The average Bonchev–Trinajstić information content (AvgIpc) is 2.87. The van der Waals surface area contributed by atoms with Gasteiger partial charge in [-0.3, -0.25) is 4.79 Å². The van der Waals surface area contributed by atoms with Crippen molar-refractivity contribution in [2.24, 2.45) is 0 Å². The maximum Gasteiger partial charge on any atom is 0.264 e. The zero-order chi connectivity index (χ0) is 24.6. The molecule has 0 fully saturated rings. The molecule has 1 N–H and O–H groups in total. The van der Waals surface area contributed by atoms with Crippen LogP contribution in [0.1, 0.15) is 35.4 Å². The summed E-state index contributed by atoms with van der Waals surface area (Å²) in [6.07, 6.45) is 2.14. The van der Waals surface area contributed by atoms with Gasteiger partial charge >= 0.3 is 0 Å². The van der Waals surface area contributed by atoms with E-state index in [-0.39, 0.29) is 4.90 Å². The summed E-state index contributed by atoms with van der Waals surface area (Å²) < 4.78 is 34.7. The molecule has 35 heavy (non-hydrogen) atoms. The number of hydrogen-bond acceptors (Lipinski definition) is 4. The second-order valence-corrected chi connectivity index (χ2v) is 10.6. The summed E-state index contributed by atoms with van der Waals surface area (Å²) in [5.41, 5.74) is 5.12. The first-order valence-corrected chi connectivity index (χ1v) is 13.2. The quantitative estimate of drug-likeness (QED) is 0.391. The lowest BCUT2D eigenvalue weighted by Crippen LogP contribution is -2.36. The maximum absolute atomic E-state index is 13.5. The minimum atomic E-state index is -4.06. The van der Waals surface area contributed by atoms with Crippen LogP contribution in [-0.2, 0) is 21.2 Å². The molecule has 178 valence electrons. The Kier molecular flexibility index (Phi) is 6.07. The molecule has 0 saturated carbocycles. The first kappa shape index (κ1) is 23.1.